The average Bonchev–Trinajstić information content (AvgIpc) is 2.40. The van der Waals surface area contributed by atoms with E-state index in [1.807, 2.05) is 6.07 Å². The van der Waals surface area contributed by atoms with Gasteiger partial charge in [-0.05, 0) is 46.9 Å². The van der Waals surface area contributed by atoms with Gasteiger partial charge in [0.15, 0.2) is 0 Å². The van der Waals surface area contributed by atoms with Gasteiger partial charge in [0.25, 0.3) is 5.56 Å². The number of rotatable bonds is 3. The number of aromatic nitrogens is 1. The van der Waals surface area contributed by atoms with Crippen LogP contribution in [-0.2, 0) is 17.5 Å². The van der Waals surface area contributed by atoms with Crippen LogP contribution < -0.4 is 10.9 Å². The van der Waals surface area contributed by atoms with Crippen LogP contribution in [-0.4, -0.2) is 10.5 Å². The molecule has 1 heterocycles. The van der Waals surface area contributed by atoms with E-state index in [0.717, 1.165) is 14.2 Å². The molecule has 4 nitrogen and oxygen atoms in total. The molecule has 0 saturated carbocycles. The average molecular weight is 422 g/mol. The van der Waals surface area contributed by atoms with Crippen molar-refractivity contribution in [3.63, 3.8) is 0 Å². The van der Waals surface area contributed by atoms with Gasteiger partial charge in [0, 0.05) is 21.5 Å². The van der Waals surface area contributed by atoms with Crippen LogP contribution in [0.2, 0.25) is 0 Å². The highest BCUT2D eigenvalue weighted by atomic mass is 127. The van der Waals surface area contributed by atoms with Crippen molar-refractivity contribution >= 4 is 34.2 Å². The van der Waals surface area contributed by atoms with Crippen molar-refractivity contribution in [2.45, 2.75) is 12.7 Å². The van der Waals surface area contributed by atoms with Gasteiger partial charge in [-0.15, -0.1) is 0 Å². The number of halogens is 4. The van der Waals surface area contributed by atoms with E-state index in [9.17, 15) is 22.8 Å². The number of pyridine rings is 1. The number of alkyl halides is 3. The van der Waals surface area contributed by atoms with E-state index in [0.29, 0.717) is 18.0 Å². The summed E-state index contributed by atoms with van der Waals surface area (Å²) in [6.45, 7) is -0.492. The molecule has 0 saturated heterocycles. The van der Waals surface area contributed by atoms with E-state index in [1.165, 1.54) is 0 Å². The SMILES string of the molecule is O=C(Cn1cc(C(F)(F)F)ccc1=O)Nc1cccc(I)c1. The normalized spacial score (nSPS) is 11.3. The molecule has 0 bridgehead atoms. The summed E-state index contributed by atoms with van der Waals surface area (Å²) in [6.07, 6.45) is -3.93. The molecule has 0 unspecified atom stereocenters. The molecule has 116 valence electrons. The lowest BCUT2D eigenvalue weighted by atomic mass is 10.2. The minimum absolute atomic E-state index is 0.492. The third kappa shape index (κ3) is 4.33. The zero-order valence-electron chi connectivity index (χ0n) is 11.0. The number of nitrogens with zero attached hydrogens (tertiary/aromatic N) is 1. The summed E-state index contributed by atoms with van der Waals surface area (Å²) in [6, 6.07) is 8.39. The van der Waals surface area contributed by atoms with Gasteiger partial charge < -0.3 is 9.88 Å². The molecule has 0 aliphatic rings. The number of amides is 1. The molecule has 2 rings (SSSR count). The third-order valence-electron chi connectivity index (χ3n) is 2.73. The molecule has 22 heavy (non-hydrogen) atoms. The fraction of sp³-hybridized carbons (Fsp3) is 0.143. The second-order valence-electron chi connectivity index (χ2n) is 4.44. The maximum atomic E-state index is 12.6. The first-order chi connectivity index (χ1) is 10.3. The minimum Gasteiger partial charge on any atom is -0.325 e. The highest BCUT2D eigenvalue weighted by Crippen LogP contribution is 2.28. The molecule has 2 aromatic rings. The Kier molecular flexibility index (Phi) is 4.89. The lowest BCUT2D eigenvalue weighted by Gasteiger charge is -2.11. The van der Waals surface area contributed by atoms with E-state index in [1.54, 1.807) is 18.2 Å². The molecular weight excluding hydrogens is 412 g/mol. The topological polar surface area (TPSA) is 51.1 Å². The van der Waals surface area contributed by atoms with Crippen molar-refractivity contribution in [1.29, 1.82) is 0 Å². The number of benzene rings is 1. The number of carbonyl (C=O) groups excluding carboxylic acids is 1. The largest absolute Gasteiger partial charge is 0.417 e. The Morgan fingerprint density at radius 2 is 1.95 bits per heavy atom. The second kappa shape index (κ2) is 6.51. The monoisotopic (exact) mass is 422 g/mol. The van der Waals surface area contributed by atoms with Crippen LogP contribution in [0.4, 0.5) is 18.9 Å². The predicted octanol–water partition coefficient (Wildman–Crippen LogP) is 3.11. The first-order valence-electron chi connectivity index (χ1n) is 6.09. The van der Waals surface area contributed by atoms with E-state index < -0.39 is 29.8 Å². The Morgan fingerprint density at radius 3 is 2.59 bits per heavy atom. The fourth-order valence-corrected chi connectivity index (χ4v) is 2.29. The number of nitrogens with one attached hydrogen (secondary N) is 1. The molecule has 8 heteroatoms. The van der Waals surface area contributed by atoms with Crippen LogP contribution in [0.25, 0.3) is 0 Å². The van der Waals surface area contributed by atoms with Gasteiger partial charge in [-0.25, -0.2) is 0 Å². The molecule has 1 aromatic carbocycles. The minimum atomic E-state index is -4.57. The Bertz CT molecular complexity index is 756. The molecule has 0 radical (unpaired) electrons. The number of hydrogen-bond acceptors (Lipinski definition) is 2. The third-order valence-corrected chi connectivity index (χ3v) is 3.40. The van der Waals surface area contributed by atoms with Gasteiger partial charge in [0.1, 0.15) is 6.54 Å². The fourth-order valence-electron chi connectivity index (χ4n) is 1.74. The maximum Gasteiger partial charge on any atom is 0.417 e. The van der Waals surface area contributed by atoms with Crippen molar-refractivity contribution in [3.8, 4) is 0 Å². The highest BCUT2D eigenvalue weighted by molar-refractivity contribution is 14.1. The Labute approximate surface area is 137 Å². The van der Waals surface area contributed by atoms with Crippen molar-refractivity contribution in [2.75, 3.05) is 5.32 Å². The van der Waals surface area contributed by atoms with Crippen molar-refractivity contribution < 1.29 is 18.0 Å². The summed E-state index contributed by atoms with van der Waals surface area (Å²) in [5, 5.41) is 2.53. The standard InChI is InChI=1S/C14H10F3IN2O2/c15-14(16,17)9-4-5-13(22)20(7-9)8-12(21)19-11-3-1-2-10(18)6-11/h1-7H,8H2,(H,19,21). The summed E-state index contributed by atoms with van der Waals surface area (Å²) < 4.78 is 39.5. The molecular formula is C14H10F3IN2O2. The van der Waals surface area contributed by atoms with E-state index in [4.69, 9.17) is 0 Å². The summed E-state index contributed by atoms with van der Waals surface area (Å²) in [7, 11) is 0. The molecule has 1 amide bonds. The quantitative estimate of drug-likeness (QED) is 0.774. The maximum absolute atomic E-state index is 12.6. The smallest absolute Gasteiger partial charge is 0.325 e. The van der Waals surface area contributed by atoms with Crippen molar-refractivity contribution in [1.82, 2.24) is 4.57 Å². The zero-order valence-corrected chi connectivity index (χ0v) is 13.2. The molecule has 1 N–H and O–H groups in total. The first kappa shape index (κ1) is 16.5. The second-order valence-corrected chi connectivity index (χ2v) is 5.69. The first-order valence-corrected chi connectivity index (χ1v) is 7.17. The van der Waals surface area contributed by atoms with Gasteiger partial charge in [-0.1, -0.05) is 6.07 Å². The number of hydrogen-bond donors (Lipinski definition) is 1. The van der Waals surface area contributed by atoms with Gasteiger partial charge in [-0.3, -0.25) is 9.59 Å². The predicted molar refractivity (Wildman–Crippen MR) is 83.5 cm³/mol. The number of anilines is 1. The Morgan fingerprint density at radius 1 is 1.23 bits per heavy atom. The molecule has 0 fully saturated rings. The van der Waals surface area contributed by atoms with Crippen LogP contribution in [0.3, 0.4) is 0 Å². The summed E-state index contributed by atoms with van der Waals surface area (Å²) in [4.78, 5) is 23.4. The lowest BCUT2D eigenvalue weighted by Crippen LogP contribution is -2.28. The van der Waals surface area contributed by atoms with Crippen molar-refractivity contribution in [3.05, 3.63) is 62.1 Å². The summed E-state index contributed by atoms with van der Waals surface area (Å²) >= 11 is 2.06. The molecule has 0 atom stereocenters. The lowest BCUT2D eigenvalue weighted by molar-refractivity contribution is -0.138. The van der Waals surface area contributed by atoms with Crippen LogP contribution >= 0.6 is 22.6 Å². The Balaban J connectivity index is 2.16. The summed E-state index contributed by atoms with van der Waals surface area (Å²) in [5.74, 6) is -0.580. The van der Waals surface area contributed by atoms with Gasteiger partial charge in [0.05, 0.1) is 5.56 Å². The molecule has 0 aliphatic heterocycles. The number of carbonyl (C=O) groups is 1. The van der Waals surface area contributed by atoms with Crippen LogP contribution in [0.1, 0.15) is 5.56 Å². The van der Waals surface area contributed by atoms with E-state index in [-0.39, 0.29) is 0 Å². The van der Waals surface area contributed by atoms with Crippen molar-refractivity contribution in [2.24, 2.45) is 0 Å². The zero-order chi connectivity index (χ0) is 16.3. The van der Waals surface area contributed by atoms with Gasteiger partial charge in [0.2, 0.25) is 5.91 Å². The Hall–Kier alpha value is -1.84. The van der Waals surface area contributed by atoms with E-state index in [2.05, 4.69) is 27.9 Å². The van der Waals surface area contributed by atoms with Gasteiger partial charge in [-0.2, -0.15) is 13.2 Å². The van der Waals surface area contributed by atoms with Crippen LogP contribution in [0.15, 0.2) is 47.4 Å². The molecule has 1 aromatic heterocycles. The molecule has 0 aliphatic carbocycles. The van der Waals surface area contributed by atoms with Crippen LogP contribution in [0, 0.1) is 3.57 Å². The van der Waals surface area contributed by atoms with E-state index >= 15 is 0 Å². The molecule has 0 spiro atoms. The highest BCUT2D eigenvalue weighted by Gasteiger charge is 2.31. The summed E-state index contributed by atoms with van der Waals surface area (Å²) in [5.41, 5.74) is -1.14. The van der Waals surface area contributed by atoms with Gasteiger partial charge >= 0.3 is 6.18 Å². The van der Waals surface area contributed by atoms with Crippen LogP contribution in [0.5, 0.6) is 0 Å².